The van der Waals surface area contributed by atoms with Gasteiger partial charge < -0.3 is 10.1 Å². The van der Waals surface area contributed by atoms with E-state index >= 15 is 0 Å². The number of nitrogens with one attached hydrogen (secondary N) is 1. The van der Waals surface area contributed by atoms with Crippen molar-refractivity contribution in [1.29, 1.82) is 0 Å². The molecule has 0 bridgehead atoms. The minimum Gasteiger partial charge on any atom is -0.379 e. The van der Waals surface area contributed by atoms with Gasteiger partial charge in [-0.3, -0.25) is 4.90 Å². The van der Waals surface area contributed by atoms with Crippen molar-refractivity contribution in [3.05, 3.63) is 70.8 Å². The lowest BCUT2D eigenvalue weighted by Gasteiger charge is -2.26. The smallest absolute Gasteiger partial charge is 0.0594 e. The molecule has 1 N–H and O–H groups in total. The van der Waals surface area contributed by atoms with Gasteiger partial charge in [0.1, 0.15) is 0 Å². The number of morpholine rings is 1. The maximum absolute atomic E-state index is 5.41. The van der Waals surface area contributed by atoms with E-state index in [1.165, 1.54) is 22.3 Å². The number of ether oxygens (including phenoxy) is 1. The average molecular weight is 353 g/mol. The van der Waals surface area contributed by atoms with Gasteiger partial charge in [-0.2, -0.15) is 0 Å². The highest BCUT2D eigenvalue weighted by Gasteiger charge is 2.13. The molecule has 1 fully saturated rings. The highest BCUT2D eigenvalue weighted by Crippen LogP contribution is 2.22. The lowest BCUT2D eigenvalue weighted by Crippen LogP contribution is -2.35. The SMILES string of the molecule is CC(C)(C)c1ccc(CNCc2ccc(CN3CCOCC3)cc2)cc1. The molecule has 26 heavy (non-hydrogen) atoms. The predicted octanol–water partition coefficient (Wildman–Crippen LogP) is 4.11. The van der Waals surface area contributed by atoms with E-state index in [2.05, 4.69) is 79.5 Å². The highest BCUT2D eigenvalue weighted by molar-refractivity contribution is 5.27. The van der Waals surface area contributed by atoms with Crippen LogP contribution in [-0.2, 0) is 29.8 Å². The lowest BCUT2D eigenvalue weighted by molar-refractivity contribution is 0.0342. The fourth-order valence-corrected chi connectivity index (χ4v) is 3.25. The Bertz CT molecular complexity index is 665. The first-order chi connectivity index (χ1) is 12.5. The molecule has 3 heteroatoms. The molecule has 0 aromatic heterocycles. The van der Waals surface area contributed by atoms with Crippen molar-refractivity contribution in [2.75, 3.05) is 26.3 Å². The number of benzene rings is 2. The Morgan fingerprint density at radius 2 is 1.31 bits per heavy atom. The maximum Gasteiger partial charge on any atom is 0.0594 e. The van der Waals surface area contributed by atoms with E-state index in [4.69, 9.17) is 4.74 Å². The van der Waals surface area contributed by atoms with E-state index < -0.39 is 0 Å². The largest absolute Gasteiger partial charge is 0.379 e. The van der Waals surface area contributed by atoms with Gasteiger partial charge in [0.25, 0.3) is 0 Å². The molecule has 2 aromatic carbocycles. The molecule has 0 amide bonds. The summed E-state index contributed by atoms with van der Waals surface area (Å²) in [6.07, 6.45) is 0. The molecule has 1 saturated heterocycles. The van der Waals surface area contributed by atoms with E-state index in [-0.39, 0.29) is 5.41 Å². The zero-order valence-electron chi connectivity index (χ0n) is 16.4. The van der Waals surface area contributed by atoms with E-state index in [1.807, 2.05) is 0 Å². The summed E-state index contributed by atoms with van der Waals surface area (Å²) in [5, 5.41) is 3.55. The molecule has 3 nitrogen and oxygen atoms in total. The molecule has 0 radical (unpaired) electrons. The third-order valence-electron chi connectivity index (χ3n) is 5.01. The topological polar surface area (TPSA) is 24.5 Å². The summed E-state index contributed by atoms with van der Waals surface area (Å²) in [7, 11) is 0. The first-order valence-electron chi connectivity index (χ1n) is 9.69. The van der Waals surface area contributed by atoms with Crippen molar-refractivity contribution in [2.24, 2.45) is 0 Å². The van der Waals surface area contributed by atoms with Crippen LogP contribution in [0.3, 0.4) is 0 Å². The van der Waals surface area contributed by atoms with E-state index in [1.54, 1.807) is 0 Å². The van der Waals surface area contributed by atoms with Crippen LogP contribution in [0.2, 0.25) is 0 Å². The van der Waals surface area contributed by atoms with Gasteiger partial charge in [0.05, 0.1) is 13.2 Å². The number of rotatable bonds is 6. The monoisotopic (exact) mass is 352 g/mol. The predicted molar refractivity (Wildman–Crippen MR) is 108 cm³/mol. The molecule has 1 heterocycles. The van der Waals surface area contributed by atoms with E-state index in [0.29, 0.717) is 0 Å². The van der Waals surface area contributed by atoms with Crippen LogP contribution in [0.1, 0.15) is 43.0 Å². The van der Waals surface area contributed by atoms with Gasteiger partial charge in [-0.05, 0) is 27.7 Å². The Morgan fingerprint density at radius 1 is 0.808 bits per heavy atom. The van der Waals surface area contributed by atoms with Gasteiger partial charge in [-0.25, -0.2) is 0 Å². The molecule has 0 spiro atoms. The average Bonchev–Trinajstić information content (AvgIpc) is 2.64. The molecule has 0 aliphatic carbocycles. The van der Waals surface area contributed by atoms with Crippen LogP contribution >= 0.6 is 0 Å². The molecular formula is C23H32N2O. The van der Waals surface area contributed by atoms with Crippen LogP contribution in [0, 0.1) is 0 Å². The molecule has 1 aliphatic rings. The third kappa shape index (κ3) is 5.66. The Labute approximate surface area is 158 Å². The van der Waals surface area contributed by atoms with Crippen molar-refractivity contribution in [3.63, 3.8) is 0 Å². The second kappa shape index (κ2) is 8.81. The third-order valence-corrected chi connectivity index (χ3v) is 5.01. The molecular weight excluding hydrogens is 320 g/mol. The number of nitrogens with zero attached hydrogens (tertiary/aromatic N) is 1. The summed E-state index contributed by atoms with van der Waals surface area (Å²) in [6.45, 7) is 13.4. The van der Waals surface area contributed by atoms with Crippen LogP contribution in [-0.4, -0.2) is 31.2 Å². The summed E-state index contributed by atoms with van der Waals surface area (Å²) < 4.78 is 5.41. The quantitative estimate of drug-likeness (QED) is 0.847. The number of hydrogen-bond donors (Lipinski definition) is 1. The minimum absolute atomic E-state index is 0.217. The Morgan fingerprint density at radius 3 is 1.85 bits per heavy atom. The normalized spacial score (nSPS) is 16.0. The van der Waals surface area contributed by atoms with E-state index in [9.17, 15) is 0 Å². The second-order valence-corrected chi connectivity index (χ2v) is 8.26. The van der Waals surface area contributed by atoms with Crippen LogP contribution in [0.5, 0.6) is 0 Å². The van der Waals surface area contributed by atoms with Gasteiger partial charge in [-0.15, -0.1) is 0 Å². The molecule has 1 aliphatic heterocycles. The van der Waals surface area contributed by atoms with Crippen molar-refractivity contribution in [2.45, 2.75) is 45.8 Å². The molecule has 0 atom stereocenters. The summed E-state index contributed by atoms with van der Waals surface area (Å²) in [4.78, 5) is 2.46. The van der Waals surface area contributed by atoms with Gasteiger partial charge in [-0.1, -0.05) is 69.3 Å². The Balaban J connectivity index is 1.44. The zero-order chi connectivity index (χ0) is 18.4. The molecule has 3 rings (SSSR count). The van der Waals surface area contributed by atoms with Crippen molar-refractivity contribution >= 4 is 0 Å². The van der Waals surface area contributed by atoms with Gasteiger partial charge in [0.2, 0.25) is 0 Å². The fraction of sp³-hybridized carbons (Fsp3) is 0.478. The lowest BCUT2D eigenvalue weighted by atomic mass is 9.87. The maximum atomic E-state index is 5.41. The van der Waals surface area contributed by atoms with Crippen LogP contribution in [0.15, 0.2) is 48.5 Å². The molecule has 0 unspecified atom stereocenters. The molecule has 140 valence electrons. The van der Waals surface area contributed by atoms with Crippen molar-refractivity contribution in [1.82, 2.24) is 10.2 Å². The standard InChI is InChI=1S/C23H32N2O/c1-23(2,3)22-10-8-20(9-11-22)17-24-16-19-4-6-21(7-5-19)18-25-12-14-26-15-13-25/h4-11,24H,12-18H2,1-3H3. The van der Waals surface area contributed by atoms with Crippen molar-refractivity contribution in [3.8, 4) is 0 Å². The summed E-state index contributed by atoms with van der Waals surface area (Å²) >= 11 is 0. The molecule has 2 aromatic rings. The van der Waals surface area contributed by atoms with Gasteiger partial charge in [0, 0.05) is 32.7 Å². The van der Waals surface area contributed by atoms with Crippen LogP contribution in [0.25, 0.3) is 0 Å². The second-order valence-electron chi connectivity index (χ2n) is 8.26. The number of hydrogen-bond acceptors (Lipinski definition) is 3. The first-order valence-corrected chi connectivity index (χ1v) is 9.69. The van der Waals surface area contributed by atoms with Crippen LogP contribution < -0.4 is 5.32 Å². The van der Waals surface area contributed by atoms with Crippen LogP contribution in [0.4, 0.5) is 0 Å². The van der Waals surface area contributed by atoms with E-state index in [0.717, 1.165) is 45.9 Å². The summed E-state index contributed by atoms with van der Waals surface area (Å²) in [5.74, 6) is 0. The summed E-state index contributed by atoms with van der Waals surface area (Å²) in [5.41, 5.74) is 5.66. The Kier molecular flexibility index (Phi) is 6.47. The zero-order valence-corrected chi connectivity index (χ0v) is 16.4. The fourth-order valence-electron chi connectivity index (χ4n) is 3.25. The molecule has 0 saturated carbocycles. The summed E-state index contributed by atoms with van der Waals surface area (Å²) in [6, 6.07) is 18.0. The van der Waals surface area contributed by atoms with Gasteiger partial charge >= 0.3 is 0 Å². The first kappa shape index (κ1) is 19.1. The van der Waals surface area contributed by atoms with Crippen molar-refractivity contribution < 1.29 is 4.74 Å². The minimum atomic E-state index is 0.217. The Hall–Kier alpha value is -1.68. The van der Waals surface area contributed by atoms with Gasteiger partial charge in [0.15, 0.2) is 0 Å². The highest BCUT2D eigenvalue weighted by atomic mass is 16.5.